The zero-order valence-corrected chi connectivity index (χ0v) is 12.8. The SMILES string of the molecule is CC(CN(C)C)[O][Cu][O]C(C)CN(C)C.[Cu]. The summed E-state index contributed by atoms with van der Waals surface area (Å²) in [6, 6.07) is 0. The fraction of sp³-hybridized carbons (Fsp3) is 1.00. The molecule has 0 aliphatic heterocycles. The minimum absolute atomic E-state index is 0. The zero-order valence-electron chi connectivity index (χ0n) is 10.9. The first-order valence-electron chi connectivity index (χ1n) is 5.11. The molecule has 0 amide bonds. The van der Waals surface area contributed by atoms with Crippen molar-refractivity contribution in [2.75, 3.05) is 41.3 Å². The Kier molecular flexibility index (Phi) is 13.2. The van der Waals surface area contributed by atoms with Crippen LogP contribution in [0.3, 0.4) is 0 Å². The van der Waals surface area contributed by atoms with Gasteiger partial charge in [0.05, 0.1) is 0 Å². The fourth-order valence-electron chi connectivity index (χ4n) is 1.19. The van der Waals surface area contributed by atoms with Crippen LogP contribution in [0.25, 0.3) is 0 Å². The van der Waals surface area contributed by atoms with Gasteiger partial charge in [0.2, 0.25) is 0 Å². The van der Waals surface area contributed by atoms with Crippen molar-refractivity contribution >= 4 is 0 Å². The van der Waals surface area contributed by atoms with E-state index in [1.54, 1.807) is 0 Å². The van der Waals surface area contributed by atoms with Crippen molar-refractivity contribution in [2.45, 2.75) is 26.1 Å². The van der Waals surface area contributed by atoms with Gasteiger partial charge in [0, 0.05) is 17.1 Å². The van der Waals surface area contributed by atoms with Gasteiger partial charge < -0.3 is 0 Å². The van der Waals surface area contributed by atoms with Gasteiger partial charge in [-0.1, -0.05) is 0 Å². The molecule has 0 saturated carbocycles. The fourth-order valence-corrected chi connectivity index (χ4v) is 1.69. The van der Waals surface area contributed by atoms with Crippen LogP contribution >= 0.6 is 0 Å². The summed E-state index contributed by atoms with van der Waals surface area (Å²) in [5.41, 5.74) is 0. The van der Waals surface area contributed by atoms with E-state index in [-0.39, 0.29) is 29.3 Å². The van der Waals surface area contributed by atoms with E-state index in [9.17, 15) is 0 Å². The molecule has 0 aromatic heterocycles. The molecule has 0 heterocycles. The van der Waals surface area contributed by atoms with Crippen molar-refractivity contribution in [1.82, 2.24) is 9.80 Å². The molecule has 0 aliphatic carbocycles. The van der Waals surface area contributed by atoms with Crippen LogP contribution < -0.4 is 0 Å². The second-order valence-electron chi connectivity index (χ2n) is 4.34. The smallest absolute Gasteiger partial charge is 0 e. The van der Waals surface area contributed by atoms with Crippen LogP contribution in [-0.2, 0) is 40.3 Å². The van der Waals surface area contributed by atoms with E-state index < -0.39 is 0 Å². The largest absolute Gasteiger partial charge is 0 e. The summed E-state index contributed by atoms with van der Waals surface area (Å²) < 4.78 is 10.9. The Balaban J connectivity index is 0. The second kappa shape index (κ2) is 11.0. The van der Waals surface area contributed by atoms with Crippen LogP contribution in [0.2, 0.25) is 0 Å². The molecule has 0 aliphatic rings. The van der Waals surface area contributed by atoms with E-state index in [4.69, 9.17) is 7.64 Å². The quantitative estimate of drug-likeness (QED) is 0.615. The number of likely N-dealkylation sites (N-methyl/N-ethyl adjacent to an activating group) is 2. The molecule has 0 spiro atoms. The summed E-state index contributed by atoms with van der Waals surface area (Å²) in [7, 11) is 8.11. The standard InChI is InChI=1S/2C5H12NO.2Cu/c2*1-5(7)4-6(2)3;;/h2*5H,4H2,1-3H3;;/q2*-1;;+2. The Bertz CT molecular complexity index is 144. The summed E-state index contributed by atoms with van der Waals surface area (Å²) in [5, 5.41) is 0. The number of hydrogen-bond donors (Lipinski definition) is 0. The van der Waals surface area contributed by atoms with Gasteiger partial charge in [0.15, 0.2) is 0 Å². The number of hydrogen-bond acceptors (Lipinski definition) is 4. The molecule has 0 aromatic carbocycles. The third-order valence-electron chi connectivity index (χ3n) is 1.55. The Morgan fingerprint density at radius 2 is 1.19 bits per heavy atom. The van der Waals surface area contributed by atoms with E-state index in [1.165, 1.54) is 15.6 Å². The van der Waals surface area contributed by atoms with Gasteiger partial charge >= 0.3 is 100 Å². The van der Waals surface area contributed by atoms with E-state index in [0.717, 1.165) is 13.1 Å². The van der Waals surface area contributed by atoms with Crippen molar-refractivity contribution in [2.24, 2.45) is 0 Å². The second-order valence-corrected chi connectivity index (χ2v) is 4.94. The first-order valence-corrected chi connectivity index (χ1v) is 5.88. The van der Waals surface area contributed by atoms with Gasteiger partial charge in [-0.05, 0) is 0 Å². The van der Waals surface area contributed by atoms with Crippen molar-refractivity contribution in [3.63, 3.8) is 0 Å². The first kappa shape index (κ1) is 19.2. The summed E-state index contributed by atoms with van der Waals surface area (Å²) in [5.74, 6) is 0. The molecule has 6 heteroatoms. The molecule has 0 N–H and O–H groups in total. The van der Waals surface area contributed by atoms with E-state index in [1.807, 2.05) is 42.0 Å². The van der Waals surface area contributed by atoms with E-state index in [2.05, 4.69) is 9.80 Å². The molecule has 2 atom stereocenters. The molecule has 0 saturated heterocycles. The maximum atomic E-state index is 5.43. The molecule has 4 nitrogen and oxygen atoms in total. The van der Waals surface area contributed by atoms with Crippen LogP contribution in [0.4, 0.5) is 0 Å². The van der Waals surface area contributed by atoms with Crippen LogP contribution in [0.5, 0.6) is 0 Å². The summed E-state index contributed by atoms with van der Waals surface area (Å²) in [6.45, 7) is 5.86. The zero-order chi connectivity index (χ0) is 11.8. The van der Waals surface area contributed by atoms with Gasteiger partial charge in [0.1, 0.15) is 0 Å². The topological polar surface area (TPSA) is 24.9 Å². The monoisotopic (exact) mass is 330 g/mol. The predicted octanol–water partition coefficient (Wildman–Crippen LogP) is 0.830. The third-order valence-corrected chi connectivity index (χ3v) is 2.48. The minimum atomic E-state index is 0. The summed E-state index contributed by atoms with van der Waals surface area (Å²) in [4.78, 5) is 4.18. The average Bonchev–Trinajstić information content (AvgIpc) is 2.00. The van der Waals surface area contributed by atoms with Crippen molar-refractivity contribution < 1.29 is 40.3 Å². The van der Waals surface area contributed by atoms with Gasteiger partial charge in [-0.2, -0.15) is 0 Å². The normalized spacial score (nSPS) is 15.2. The van der Waals surface area contributed by atoms with Gasteiger partial charge in [-0.3, -0.25) is 0 Å². The molecule has 1 radical (unpaired) electrons. The Morgan fingerprint density at radius 1 is 0.875 bits per heavy atom. The Labute approximate surface area is 117 Å². The Morgan fingerprint density at radius 3 is 1.44 bits per heavy atom. The maximum absolute atomic E-state index is 5.43. The number of rotatable bonds is 8. The van der Waals surface area contributed by atoms with Crippen LogP contribution in [0.15, 0.2) is 0 Å². The van der Waals surface area contributed by atoms with Gasteiger partial charge in [0.25, 0.3) is 0 Å². The van der Waals surface area contributed by atoms with Gasteiger partial charge in [-0.15, -0.1) is 0 Å². The number of nitrogens with zero attached hydrogens (tertiary/aromatic N) is 2. The molecule has 2 unspecified atom stereocenters. The molecular formula is C10H24Cu2N2O2. The summed E-state index contributed by atoms with van der Waals surface area (Å²) >= 11 is 1.19. The molecule has 0 bridgehead atoms. The summed E-state index contributed by atoms with van der Waals surface area (Å²) in [6.07, 6.45) is 0.345. The van der Waals surface area contributed by atoms with Crippen molar-refractivity contribution in [1.29, 1.82) is 0 Å². The molecule has 108 valence electrons. The van der Waals surface area contributed by atoms with Gasteiger partial charge in [-0.25, -0.2) is 0 Å². The molecule has 16 heavy (non-hydrogen) atoms. The molecule has 0 rings (SSSR count). The molecule has 0 fully saturated rings. The van der Waals surface area contributed by atoms with Crippen molar-refractivity contribution in [3.05, 3.63) is 0 Å². The van der Waals surface area contributed by atoms with E-state index >= 15 is 0 Å². The van der Waals surface area contributed by atoms with E-state index in [0.29, 0.717) is 0 Å². The first-order chi connectivity index (χ1) is 6.91. The maximum Gasteiger partial charge on any atom is 0 e. The Hall–Kier alpha value is 0.879. The molecular weight excluding hydrogens is 307 g/mol. The van der Waals surface area contributed by atoms with Crippen LogP contribution in [0.1, 0.15) is 13.8 Å². The average molecular weight is 331 g/mol. The van der Waals surface area contributed by atoms with Crippen molar-refractivity contribution in [3.8, 4) is 0 Å². The van der Waals surface area contributed by atoms with Crippen LogP contribution in [-0.4, -0.2) is 63.3 Å². The predicted molar refractivity (Wildman–Crippen MR) is 58.2 cm³/mol. The molecule has 0 aromatic rings. The third kappa shape index (κ3) is 12.9. The van der Waals surface area contributed by atoms with Crippen LogP contribution in [0, 0.1) is 0 Å². The minimum Gasteiger partial charge on any atom is 0 e.